The second kappa shape index (κ2) is 7.56. The van der Waals surface area contributed by atoms with Crippen molar-refractivity contribution >= 4 is 24.0 Å². The zero-order valence-corrected chi connectivity index (χ0v) is 12.5. The molecule has 1 saturated heterocycles. The van der Waals surface area contributed by atoms with Crippen molar-refractivity contribution in [3.63, 3.8) is 0 Å². The van der Waals surface area contributed by atoms with Gasteiger partial charge in [0.2, 0.25) is 5.91 Å². The lowest BCUT2D eigenvalue weighted by Crippen LogP contribution is -2.50. The molecular weight excluding hydrogens is 302 g/mol. The summed E-state index contributed by atoms with van der Waals surface area (Å²) < 4.78 is 28.6. The summed E-state index contributed by atoms with van der Waals surface area (Å²) in [5, 5.41) is 5.99. The molecule has 1 heterocycles. The minimum absolute atomic E-state index is 0. The van der Waals surface area contributed by atoms with E-state index in [2.05, 4.69) is 15.4 Å². The van der Waals surface area contributed by atoms with Crippen LogP contribution in [0.3, 0.4) is 0 Å². The van der Waals surface area contributed by atoms with Crippen molar-refractivity contribution in [2.45, 2.75) is 38.3 Å². The van der Waals surface area contributed by atoms with E-state index >= 15 is 0 Å². The molecule has 118 valence electrons. The van der Waals surface area contributed by atoms with Crippen LogP contribution in [0.2, 0.25) is 0 Å². The normalized spacial score (nSPS) is 21.0. The zero-order valence-electron chi connectivity index (χ0n) is 11.7. The first-order chi connectivity index (χ1) is 9.55. The van der Waals surface area contributed by atoms with Gasteiger partial charge in [-0.25, -0.2) is 0 Å². The lowest BCUT2D eigenvalue weighted by atomic mass is 9.93. The number of hydrogen-bond acceptors (Lipinski definition) is 3. The second-order valence-electron chi connectivity index (χ2n) is 4.83. The van der Waals surface area contributed by atoms with Crippen LogP contribution in [0, 0.1) is 0 Å². The Morgan fingerprint density at radius 3 is 2.86 bits per heavy atom. The molecule has 1 amide bonds. The maximum atomic E-state index is 12.3. The van der Waals surface area contributed by atoms with Gasteiger partial charge in [0.25, 0.3) is 0 Å². The fourth-order valence-corrected chi connectivity index (χ4v) is 2.46. The summed E-state index contributed by atoms with van der Waals surface area (Å²) in [6, 6.07) is 6.02. The standard InChI is InChI=1S/C14H18F2N2O2.ClH/c1-2-14(7-4-8-17-14)12(19)18-10-5-3-6-11(9-10)20-13(15)16;/h3,5-6,9,13,17H,2,4,7-8H2,1H3,(H,18,19);1H. The molecule has 1 fully saturated rings. The first-order valence-corrected chi connectivity index (χ1v) is 6.67. The molecule has 1 aromatic rings. The molecule has 7 heteroatoms. The Balaban J connectivity index is 0.00000220. The first-order valence-electron chi connectivity index (χ1n) is 6.67. The van der Waals surface area contributed by atoms with E-state index in [1.807, 2.05) is 6.92 Å². The summed E-state index contributed by atoms with van der Waals surface area (Å²) in [4.78, 5) is 12.3. The van der Waals surface area contributed by atoms with E-state index in [-0.39, 0.29) is 24.1 Å². The van der Waals surface area contributed by atoms with Gasteiger partial charge in [-0.15, -0.1) is 12.4 Å². The number of ether oxygens (including phenoxy) is 1. The topological polar surface area (TPSA) is 50.4 Å². The fraction of sp³-hybridized carbons (Fsp3) is 0.500. The van der Waals surface area contributed by atoms with Crippen LogP contribution in [0.5, 0.6) is 5.75 Å². The molecule has 1 unspecified atom stereocenters. The molecule has 0 aromatic heterocycles. The van der Waals surface area contributed by atoms with Gasteiger partial charge in [-0.1, -0.05) is 13.0 Å². The molecule has 1 aromatic carbocycles. The van der Waals surface area contributed by atoms with E-state index in [4.69, 9.17) is 0 Å². The fourth-order valence-electron chi connectivity index (χ4n) is 2.46. The van der Waals surface area contributed by atoms with Crippen LogP contribution in [-0.2, 0) is 4.79 Å². The molecule has 0 aliphatic carbocycles. The number of hydrogen-bond donors (Lipinski definition) is 2. The van der Waals surface area contributed by atoms with Crippen LogP contribution in [-0.4, -0.2) is 24.6 Å². The Hall–Kier alpha value is -1.40. The van der Waals surface area contributed by atoms with Gasteiger partial charge >= 0.3 is 6.61 Å². The smallest absolute Gasteiger partial charge is 0.387 e. The summed E-state index contributed by atoms with van der Waals surface area (Å²) in [5.74, 6) is -0.102. The molecule has 2 N–H and O–H groups in total. The molecular formula is C14H19ClF2N2O2. The average Bonchev–Trinajstić information content (AvgIpc) is 2.88. The third-order valence-corrected chi connectivity index (χ3v) is 3.60. The monoisotopic (exact) mass is 320 g/mol. The lowest BCUT2D eigenvalue weighted by Gasteiger charge is -2.26. The summed E-state index contributed by atoms with van der Waals surface area (Å²) in [6.45, 7) is -0.108. The number of halogens is 3. The molecule has 4 nitrogen and oxygen atoms in total. The van der Waals surface area contributed by atoms with Gasteiger partial charge in [-0.05, 0) is 37.9 Å². The first kappa shape index (κ1) is 17.7. The summed E-state index contributed by atoms with van der Waals surface area (Å²) in [5.41, 5.74) is -0.103. The maximum Gasteiger partial charge on any atom is 0.387 e. The van der Waals surface area contributed by atoms with E-state index < -0.39 is 12.2 Å². The molecule has 1 aliphatic rings. The minimum atomic E-state index is -2.88. The Morgan fingerprint density at radius 1 is 1.52 bits per heavy atom. The molecule has 21 heavy (non-hydrogen) atoms. The number of amides is 1. The van der Waals surface area contributed by atoms with Crippen molar-refractivity contribution in [2.24, 2.45) is 0 Å². The highest BCUT2D eigenvalue weighted by atomic mass is 35.5. The molecule has 1 aliphatic heterocycles. The summed E-state index contributed by atoms with van der Waals surface area (Å²) in [6.07, 6.45) is 2.42. The molecule has 0 saturated carbocycles. The predicted octanol–water partition coefficient (Wildman–Crippen LogP) is 3.18. The predicted molar refractivity (Wildman–Crippen MR) is 79.2 cm³/mol. The van der Waals surface area contributed by atoms with E-state index in [1.165, 1.54) is 12.1 Å². The van der Waals surface area contributed by atoms with Gasteiger partial charge in [-0.3, -0.25) is 4.79 Å². The average molecular weight is 321 g/mol. The number of carbonyl (C=O) groups excluding carboxylic acids is 1. The number of nitrogens with one attached hydrogen (secondary N) is 2. The van der Waals surface area contributed by atoms with E-state index in [0.29, 0.717) is 12.1 Å². The summed E-state index contributed by atoms with van der Waals surface area (Å²) in [7, 11) is 0. The van der Waals surface area contributed by atoms with Crippen molar-refractivity contribution in [1.29, 1.82) is 0 Å². The van der Waals surface area contributed by atoms with Crippen LogP contribution >= 0.6 is 12.4 Å². The molecule has 0 radical (unpaired) electrons. The van der Waals surface area contributed by atoms with E-state index in [9.17, 15) is 13.6 Å². The van der Waals surface area contributed by atoms with E-state index in [0.717, 1.165) is 19.4 Å². The second-order valence-corrected chi connectivity index (χ2v) is 4.83. The van der Waals surface area contributed by atoms with Gasteiger partial charge in [0.05, 0.1) is 5.54 Å². The SMILES string of the molecule is CCC1(C(=O)Nc2cccc(OC(F)F)c2)CCCN1.Cl. The van der Waals surface area contributed by atoms with Crippen molar-refractivity contribution < 1.29 is 18.3 Å². The van der Waals surface area contributed by atoms with Gasteiger partial charge in [0.15, 0.2) is 0 Å². The number of anilines is 1. The Morgan fingerprint density at radius 2 is 2.29 bits per heavy atom. The number of benzene rings is 1. The highest BCUT2D eigenvalue weighted by molar-refractivity contribution is 5.98. The number of carbonyl (C=O) groups is 1. The Labute approximate surface area is 128 Å². The number of alkyl halides is 2. The highest BCUT2D eigenvalue weighted by Gasteiger charge is 2.39. The van der Waals surface area contributed by atoms with Crippen LogP contribution in [0.25, 0.3) is 0 Å². The molecule has 0 spiro atoms. The highest BCUT2D eigenvalue weighted by Crippen LogP contribution is 2.26. The van der Waals surface area contributed by atoms with Crippen LogP contribution in [0.15, 0.2) is 24.3 Å². The molecule has 0 bridgehead atoms. The largest absolute Gasteiger partial charge is 0.435 e. The van der Waals surface area contributed by atoms with Crippen molar-refractivity contribution in [3.05, 3.63) is 24.3 Å². The summed E-state index contributed by atoms with van der Waals surface area (Å²) >= 11 is 0. The van der Waals surface area contributed by atoms with Crippen molar-refractivity contribution in [3.8, 4) is 5.75 Å². The van der Waals surface area contributed by atoms with Gasteiger partial charge < -0.3 is 15.4 Å². The van der Waals surface area contributed by atoms with Gasteiger partial charge in [0, 0.05) is 11.8 Å². The molecule has 2 rings (SSSR count). The Bertz CT molecular complexity index is 480. The third kappa shape index (κ3) is 4.28. The maximum absolute atomic E-state index is 12.3. The minimum Gasteiger partial charge on any atom is -0.435 e. The molecule has 1 atom stereocenters. The van der Waals surface area contributed by atoms with Crippen LogP contribution < -0.4 is 15.4 Å². The Kier molecular flexibility index (Phi) is 6.36. The van der Waals surface area contributed by atoms with E-state index in [1.54, 1.807) is 12.1 Å². The number of rotatable bonds is 5. The van der Waals surface area contributed by atoms with Crippen molar-refractivity contribution in [2.75, 3.05) is 11.9 Å². The van der Waals surface area contributed by atoms with Crippen molar-refractivity contribution in [1.82, 2.24) is 5.32 Å². The van der Waals surface area contributed by atoms with Crippen LogP contribution in [0.1, 0.15) is 26.2 Å². The zero-order chi connectivity index (χ0) is 14.6. The van der Waals surface area contributed by atoms with Gasteiger partial charge in [0.1, 0.15) is 5.75 Å². The lowest BCUT2D eigenvalue weighted by molar-refractivity contribution is -0.122. The third-order valence-electron chi connectivity index (χ3n) is 3.60. The van der Waals surface area contributed by atoms with Gasteiger partial charge in [-0.2, -0.15) is 8.78 Å². The van der Waals surface area contributed by atoms with Crippen LogP contribution in [0.4, 0.5) is 14.5 Å². The quantitative estimate of drug-likeness (QED) is 0.876.